The number of anilines is 1. The molecule has 9 heteroatoms. The number of H-pyrrole nitrogens is 1. The van der Waals surface area contributed by atoms with E-state index in [4.69, 9.17) is 9.47 Å². The summed E-state index contributed by atoms with van der Waals surface area (Å²) in [4.78, 5) is 33.5. The number of hydrogen-bond donors (Lipinski definition) is 2. The minimum atomic E-state index is -0.368. The van der Waals surface area contributed by atoms with Crippen molar-refractivity contribution in [1.82, 2.24) is 14.8 Å². The fourth-order valence-corrected chi connectivity index (χ4v) is 4.81. The zero-order valence-corrected chi connectivity index (χ0v) is 23.7. The van der Waals surface area contributed by atoms with E-state index in [1.807, 2.05) is 66.9 Å². The van der Waals surface area contributed by atoms with E-state index < -0.39 is 0 Å². The van der Waals surface area contributed by atoms with Crippen LogP contribution in [-0.4, -0.2) is 67.2 Å². The average Bonchev–Trinajstić information content (AvgIpc) is 3.36. The van der Waals surface area contributed by atoms with Crippen LogP contribution in [0.4, 0.5) is 10.5 Å². The molecule has 0 atom stereocenters. The number of rotatable bonds is 12. The predicted molar refractivity (Wildman–Crippen MR) is 157 cm³/mol. The van der Waals surface area contributed by atoms with Crippen LogP contribution in [0.3, 0.4) is 0 Å². The highest BCUT2D eigenvalue weighted by atomic mass is 79.9. The van der Waals surface area contributed by atoms with Crippen LogP contribution in [0.2, 0.25) is 0 Å². The van der Waals surface area contributed by atoms with E-state index in [0.29, 0.717) is 37.6 Å². The van der Waals surface area contributed by atoms with Crippen LogP contribution in [0.25, 0.3) is 10.9 Å². The SMILES string of the molecule is COCCN(CC(=O)N(CCc1c[nH]c2ccccc12)Cc1ccccc1OC)C(=O)Nc1cccc(Br)c1. The molecule has 0 unspecified atom stereocenters. The van der Waals surface area contributed by atoms with E-state index in [9.17, 15) is 9.59 Å². The maximum Gasteiger partial charge on any atom is 0.322 e. The largest absolute Gasteiger partial charge is 0.496 e. The lowest BCUT2D eigenvalue weighted by Gasteiger charge is -2.28. The molecule has 39 heavy (non-hydrogen) atoms. The Morgan fingerprint density at radius 3 is 2.51 bits per heavy atom. The molecule has 4 rings (SSSR count). The van der Waals surface area contributed by atoms with Gasteiger partial charge in [0.05, 0.1) is 13.7 Å². The number of hydrogen-bond acceptors (Lipinski definition) is 4. The van der Waals surface area contributed by atoms with E-state index in [1.165, 1.54) is 4.90 Å². The molecule has 0 radical (unpaired) electrons. The van der Waals surface area contributed by atoms with Crippen LogP contribution in [0, 0.1) is 0 Å². The van der Waals surface area contributed by atoms with Gasteiger partial charge >= 0.3 is 6.03 Å². The molecule has 1 aromatic heterocycles. The summed E-state index contributed by atoms with van der Waals surface area (Å²) in [6, 6.07) is 22.7. The number of para-hydroxylation sites is 2. The molecule has 0 aliphatic carbocycles. The molecule has 0 bridgehead atoms. The van der Waals surface area contributed by atoms with E-state index >= 15 is 0 Å². The summed E-state index contributed by atoms with van der Waals surface area (Å²) >= 11 is 3.42. The molecule has 4 aromatic rings. The van der Waals surface area contributed by atoms with Gasteiger partial charge in [-0.05, 0) is 42.3 Å². The second-order valence-corrected chi connectivity index (χ2v) is 10.0. The van der Waals surface area contributed by atoms with Gasteiger partial charge in [0.1, 0.15) is 12.3 Å². The maximum atomic E-state index is 13.8. The quantitative estimate of drug-likeness (QED) is 0.221. The fourth-order valence-electron chi connectivity index (χ4n) is 4.41. The lowest BCUT2D eigenvalue weighted by Crippen LogP contribution is -2.46. The number of nitrogens with one attached hydrogen (secondary N) is 2. The van der Waals surface area contributed by atoms with Crippen molar-refractivity contribution in [3.8, 4) is 5.75 Å². The third-order valence-electron chi connectivity index (χ3n) is 6.49. The Bertz CT molecular complexity index is 1410. The first kappa shape index (κ1) is 28.2. The second-order valence-electron chi connectivity index (χ2n) is 9.09. The normalized spacial score (nSPS) is 10.8. The summed E-state index contributed by atoms with van der Waals surface area (Å²) < 4.78 is 11.6. The van der Waals surface area contributed by atoms with Gasteiger partial charge in [-0.25, -0.2) is 4.79 Å². The zero-order valence-electron chi connectivity index (χ0n) is 22.2. The number of nitrogens with zero attached hydrogens (tertiary/aromatic N) is 2. The summed E-state index contributed by atoms with van der Waals surface area (Å²) in [5, 5.41) is 4.02. The number of aromatic nitrogens is 1. The lowest BCUT2D eigenvalue weighted by atomic mass is 10.1. The summed E-state index contributed by atoms with van der Waals surface area (Å²) in [5.41, 5.74) is 3.72. The number of halogens is 1. The molecule has 0 fully saturated rings. The van der Waals surface area contributed by atoms with Crippen molar-refractivity contribution in [1.29, 1.82) is 0 Å². The molecule has 204 valence electrons. The van der Waals surface area contributed by atoms with Crippen LogP contribution in [0.5, 0.6) is 5.75 Å². The van der Waals surface area contributed by atoms with E-state index in [-0.39, 0.29) is 25.0 Å². The second kappa shape index (κ2) is 13.8. The molecule has 0 saturated heterocycles. The molecule has 3 amide bonds. The third kappa shape index (κ3) is 7.61. The topological polar surface area (TPSA) is 86.9 Å². The summed E-state index contributed by atoms with van der Waals surface area (Å²) in [6.45, 7) is 1.32. The van der Waals surface area contributed by atoms with Crippen LogP contribution < -0.4 is 10.1 Å². The van der Waals surface area contributed by atoms with Gasteiger partial charge in [0.15, 0.2) is 0 Å². The number of benzene rings is 3. The Kier molecular flexibility index (Phi) is 9.99. The van der Waals surface area contributed by atoms with Crippen molar-refractivity contribution in [2.24, 2.45) is 0 Å². The molecule has 2 N–H and O–H groups in total. The molecule has 0 aliphatic heterocycles. The van der Waals surface area contributed by atoms with Gasteiger partial charge < -0.3 is 29.6 Å². The summed E-state index contributed by atoms with van der Waals surface area (Å²) in [7, 11) is 3.19. The molecular formula is C30H33BrN4O4. The van der Waals surface area contributed by atoms with Gasteiger partial charge in [0.2, 0.25) is 5.91 Å². The first-order chi connectivity index (χ1) is 19.0. The monoisotopic (exact) mass is 592 g/mol. The standard InChI is InChI=1S/C30H33BrN4O4/c1-38-17-16-35(30(37)33-25-10-7-9-24(31)18-25)21-29(36)34(20-23-8-3-6-13-28(23)39-2)15-14-22-19-32-27-12-5-4-11-26(22)27/h3-13,18-19,32H,14-17,20-21H2,1-2H3,(H,33,37). The third-order valence-corrected chi connectivity index (χ3v) is 6.98. The van der Waals surface area contributed by atoms with E-state index in [0.717, 1.165) is 26.5 Å². The minimum absolute atomic E-state index is 0.0910. The molecule has 0 spiro atoms. The smallest absolute Gasteiger partial charge is 0.322 e. The van der Waals surface area contributed by atoms with Crippen LogP contribution in [0.1, 0.15) is 11.1 Å². The van der Waals surface area contributed by atoms with Gasteiger partial charge in [-0.1, -0.05) is 58.4 Å². The number of aromatic amines is 1. The summed E-state index contributed by atoms with van der Waals surface area (Å²) in [5.74, 6) is 0.548. The highest BCUT2D eigenvalue weighted by Gasteiger charge is 2.23. The highest BCUT2D eigenvalue weighted by Crippen LogP contribution is 2.22. The van der Waals surface area contributed by atoms with Crippen molar-refractivity contribution in [3.63, 3.8) is 0 Å². The van der Waals surface area contributed by atoms with Crippen molar-refractivity contribution in [3.05, 3.63) is 94.6 Å². The molecule has 0 saturated carbocycles. The molecule has 3 aromatic carbocycles. The Morgan fingerprint density at radius 1 is 0.923 bits per heavy atom. The lowest BCUT2D eigenvalue weighted by molar-refractivity contribution is -0.132. The fraction of sp³-hybridized carbons (Fsp3) is 0.267. The van der Waals surface area contributed by atoms with Gasteiger partial charge in [-0.2, -0.15) is 0 Å². The van der Waals surface area contributed by atoms with Crippen molar-refractivity contribution >= 4 is 44.5 Å². The zero-order chi connectivity index (χ0) is 27.6. The molecule has 8 nitrogen and oxygen atoms in total. The van der Waals surface area contributed by atoms with Crippen LogP contribution >= 0.6 is 15.9 Å². The predicted octanol–water partition coefficient (Wildman–Crippen LogP) is 5.69. The number of carbonyl (C=O) groups excluding carboxylic acids is 2. The van der Waals surface area contributed by atoms with Gasteiger partial charge in [-0.3, -0.25) is 4.79 Å². The number of urea groups is 1. The number of methoxy groups -OCH3 is 2. The Labute approximate surface area is 237 Å². The summed E-state index contributed by atoms with van der Waals surface area (Å²) in [6.07, 6.45) is 2.65. The Morgan fingerprint density at radius 2 is 1.72 bits per heavy atom. The number of carbonyl (C=O) groups is 2. The van der Waals surface area contributed by atoms with Gasteiger partial charge in [0, 0.05) is 59.6 Å². The average molecular weight is 594 g/mol. The van der Waals surface area contributed by atoms with Gasteiger partial charge in [0.25, 0.3) is 0 Å². The van der Waals surface area contributed by atoms with Crippen molar-refractivity contribution in [2.45, 2.75) is 13.0 Å². The first-order valence-electron chi connectivity index (χ1n) is 12.7. The number of fused-ring (bicyclic) bond motifs is 1. The maximum absolute atomic E-state index is 13.8. The molecule has 0 aliphatic rings. The minimum Gasteiger partial charge on any atom is -0.496 e. The van der Waals surface area contributed by atoms with Gasteiger partial charge in [-0.15, -0.1) is 0 Å². The van der Waals surface area contributed by atoms with Crippen molar-refractivity contribution in [2.75, 3.05) is 45.8 Å². The van der Waals surface area contributed by atoms with E-state index in [2.05, 4.69) is 32.3 Å². The van der Waals surface area contributed by atoms with Crippen LogP contribution in [0.15, 0.2) is 83.5 Å². The first-order valence-corrected chi connectivity index (χ1v) is 13.5. The highest BCUT2D eigenvalue weighted by molar-refractivity contribution is 9.10. The molecule has 1 heterocycles. The molecular weight excluding hydrogens is 560 g/mol. The van der Waals surface area contributed by atoms with Crippen LogP contribution in [-0.2, 0) is 22.5 Å². The Hall–Kier alpha value is -3.82. The Balaban J connectivity index is 1.53. The van der Waals surface area contributed by atoms with Crippen molar-refractivity contribution < 1.29 is 19.1 Å². The number of ether oxygens (including phenoxy) is 2. The number of amides is 3. The van der Waals surface area contributed by atoms with E-state index in [1.54, 1.807) is 25.2 Å².